The zero-order valence-electron chi connectivity index (χ0n) is 15.4. The van der Waals surface area contributed by atoms with E-state index in [0.29, 0.717) is 44.8 Å². The molecule has 0 atom stereocenters. The standard InChI is InChI=1S/C20H20Cl2N2O3/c1-4-5-6-26-20(25)13-9-16(24(2)3)18-17(10-13)27-19(23-18)12-7-14(21)11-15(22)8-12/h7-11H,4-6H2,1-3H3. The number of hydrogen-bond acceptors (Lipinski definition) is 5. The lowest BCUT2D eigenvalue weighted by atomic mass is 10.1. The molecule has 0 saturated carbocycles. The molecule has 0 spiro atoms. The van der Waals surface area contributed by atoms with Gasteiger partial charge in [-0.05, 0) is 36.8 Å². The van der Waals surface area contributed by atoms with Crippen LogP contribution in [0.1, 0.15) is 30.1 Å². The Hall–Kier alpha value is -2.24. The molecule has 3 aromatic rings. The maximum atomic E-state index is 12.4. The third kappa shape index (κ3) is 4.37. The largest absolute Gasteiger partial charge is 0.462 e. The minimum atomic E-state index is -0.378. The smallest absolute Gasteiger partial charge is 0.338 e. The van der Waals surface area contributed by atoms with Gasteiger partial charge in [0.1, 0.15) is 5.52 Å². The van der Waals surface area contributed by atoms with Crippen LogP contribution in [0, 0.1) is 0 Å². The lowest BCUT2D eigenvalue weighted by Crippen LogP contribution is -2.12. The SMILES string of the molecule is CCCCOC(=O)c1cc(N(C)C)c2nc(-c3cc(Cl)cc(Cl)c3)oc2c1. The number of anilines is 1. The summed E-state index contributed by atoms with van der Waals surface area (Å²) in [6, 6.07) is 8.51. The van der Waals surface area contributed by atoms with Crippen molar-refractivity contribution in [3.05, 3.63) is 45.9 Å². The summed E-state index contributed by atoms with van der Waals surface area (Å²) < 4.78 is 11.2. The second-order valence-electron chi connectivity index (χ2n) is 6.40. The summed E-state index contributed by atoms with van der Waals surface area (Å²) in [5, 5.41) is 0.987. The molecule has 0 aliphatic carbocycles. The van der Waals surface area contributed by atoms with E-state index in [-0.39, 0.29) is 5.97 Å². The molecule has 0 aliphatic heterocycles. The molecule has 0 amide bonds. The Bertz CT molecular complexity index is 963. The quantitative estimate of drug-likeness (QED) is 0.380. The van der Waals surface area contributed by atoms with Crippen LogP contribution in [0.25, 0.3) is 22.6 Å². The Kier molecular flexibility index (Phi) is 5.92. The van der Waals surface area contributed by atoms with Crippen LogP contribution < -0.4 is 4.90 Å². The van der Waals surface area contributed by atoms with Gasteiger partial charge in [0.05, 0.1) is 17.9 Å². The van der Waals surface area contributed by atoms with E-state index in [9.17, 15) is 4.79 Å². The Labute approximate surface area is 167 Å². The lowest BCUT2D eigenvalue weighted by Gasteiger charge is -2.14. The van der Waals surface area contributed by atoms with Crippen LogP contribution in [0.15, 0.2) is 34.7 Å². The van der Waals surface area contributed by atoms with Gasteiger partial charge in [0, 0.05) is 29.7 Å². The maximum Gasteiger partial charge on any atom is 0.338 e. The summed E-state index contributed by atoms with van der Waals surface area (Å²) in [6.45, 7) is 2.44. The topological polar surface area (TPSA) is 55.6 Å². The van der Waals surface area contributed by atoms with Crippen molar-refractivity contribution in [3.8, 4) is 11.5 Å². The van der Waals surface area contributed by atoms with Crippen LogP contribution >= 0.6 is 23.2 Å². The molecule has 0 bridgehead atoms. The van der Waals surface area contributed by atoms with Crippen molar-refractivity contribution in [3.63, 3.8) is 0 Å². The number of oxazole rings is 1. The zero-order chi connectivity index (χ0) is 19.6. The summed E-state index contributed by atoms with van der Waals surface area (Å²) in [7, 11) is 3.76. The highest BCUT2D eigenvalue weighted by Crippen LogP contribution is 2.33. The fourth-order valence-electron chi connectivity index (χ4n) is 2.66. The molecule has 2 aromatic carbocycles. The summed E-state index contributed by atoms with van der Waals surface area (Å²) >= 11 is 12.2. The Balaban J connectivity index is 2.06. The molecule has 1 heterocycles. The van der Waals surface area contributed by atoms with Gasteiger partial charge in [0.25, 0.3) is 0 Å². The van der Waals surface area contributed by atoms with E-state index in [4.69, 9.17) is 32.4 Å². The van der Waals surface area contributed by atoms with Gasteiger partial charge in [-0.15, -0.1) is 0 Å². The first kappa shape index (κ1) is 19.5. The van der Waals surface area contributed by atoms with Gasteiger partial charge >= 0.3 is 5.97 Å². The van der Waals surface area contributed by atoms with Gasteiger partial charge in [0.15, 0.2) is 5.58 Å². The molecule has 0 aliphatic rings. The van der Waals surface area contributed by atoms with Gasteiger partial charge in [-0.3, -0.25) is 0 Å². The maximum absolute atomic E-state index is 12.4. The highest BCUT2D eigenvalue weighted by Gasteiger charge is 2.18. The minimum absolute atomic E-state index is 0.378. The van der Waals surface area contributed by atoms with Crippen LogP contribution in [0.2, 0.25) is 10.0 Å². The first-order chi connectivity index (χ1) is 12.9. The van der Waals surface area contributed by atoms with Crippen molar-refractivity contribution in [2.24, 2.45) is 0 Å². The molecule has 142 valence electrons. The molecule has 0 unspecified atom stereocenters. The molecule has 5 nitrogen and oxygen atoms in total. The average molecular weight is 407 g/mol. The number of nitrogens with zero attached hydrogens (tertiary/aromatic N) is 2. The van der Waals surface area contributed by atoms with Crippen molar-refractivity contribution >= 4 is 46.0 Å². The number of fused-ring (bicyclic) bond motifs is 1. The highest BCUT2D eigenvalue weighted by molar-refractivity contribution is 6.35. The van der Waals surface area contributed by atoms with E-state index in [1.807, 2.05) is 25.9 Å². The lowest BCUT2D eigenvalue weighted by molar-refractivity contribution is 0.0500. The number of hydrogen-bond donors (Lipinski definition) is 0. The highest BCUT2D eigenvalue weighted by atomic mass is 35.5. The monoisotopic (exact) mass is 406 g/mol. The molecular formula is C20H20Cl2N2O3. The number of carbonyl (C=O) groups excluding carboxylic acids is 1. The molecule has 0 N–H and O–H groups in total. The molecule has 0 fully saturated rings. The predicted octanol–water partition coefficient (Wildman–Crippen LogP) is 5.82. The molecule has 0 saturated heterocycles. The Morgan fingerprint density at radius 3 is 2.48 bits per heavy atom. The predicted molar refractivity (Wildman–Crippen MR) is 109 cm³/mol. The summed E-state index contributed by atoms with van der Waals surface area (Å²) in [5.41, 5.74) is 3.00. The number of unbranched alkanes of at least 4 members (excludes halogenated alkanes) is 1. The van der Waals surface area contributed by atoms with E-state index < -0.39 is 0 Å². The number of carbonyl (C=O) groups is 1. The third-order valence-electron chi connectivity index (χ3n) is 4.03. The first-order valence-electron chi connectivity index (χ1n) is 8.64. The fraction of sp³-hybridized carbons (Fsp3) is 0.300. The van der Waals surface area contributed by atoms with E-state index >= 15 is 0 Å². The van der Waals surface area contributed by atoms with Gasteiger partial charge in [-0.2, -0.15) is 0 Å². The molecule has 1 aromatic heterocycles. The van der Waals surface area contributed by atoms with E-state index in [0.717, 1.165) is 18.5 Å². The molecule has 27 heavy (non-hydrogen) atoms. The van der Waals surface area contributed by atoms with E-state index in [1.165, 1.54) is 0 Å². The van der Waals surface area contributed by atoms with Crippen LogP contribution in [0.3, 0.4) is 0 Å². The van der Waals surface area contributed by atoms with Gasteiger partial charge in [-0.1, -0.05) is 36.5 Å². The first-order valence-corrected chi connectivity index (χ1v) is 9.40. The van der Waals surface area contributed by atoms with Gasteiger partial charge in [-0.25, -0.2) is 9.78 Å². The number of aromatic nitrogens is 1. The number of esters is 1. The van der Waals surface area contributed by atoms with Gasteiger partial charge < -0.3 is 14.1 Å². The molecule has 7 heteroatoms. The van der Waals surface area contributed by atoms with Crippen LogP contribution in [-0.2, 0) is 4.74 Å². The van der Waals surface area contributed by atoms with Crippen LogP contribution in [0.5, 0.6) is 0 Å². The Morgan fingerprint density at radius 2 is 1.85 bits per heavy atom. The normalized spacial score (nSPS) is 11.0. The van der Waals surface area contributed by atoms with Crippen molar-refractivity contribution in [1.82, 2.24) is 4.98 Å². The van der Waals surface area contributed by atoms with Crippen molar-refractivity contribution in [2.45, 2.75) is 19.8 Å². The molecule has 0 radical (unpaired) electrons. The average Bonchev–Trinajstić information content (AvgIpc) is 3.04. The summed E-state index contributed by atoms with van der Waals surface area (Å²) in [5.74, 6) is 0.00574. The van der Waals surface area contributed by atoms with E-state index in [2.05, 4.69) is 4.98 Å². The van der Waals surface area contributed by atoms with Crippen molar-refractivity contribution < 1.29 is 13.9 Å². The fourth-order valence-corrected chi connectivity index (χ4v) is 3.19. The molecular weight excluding hydrogens is 387 g/mol. The van der Waals surface area contributed by atoms with Crippen molar-refractivity contribution in [1.29, 1.82) is 0 Å². The number of benzene rings is 2. The third-order valence-corrected chi connectivity index (χ3v) is 4.47. The second kappa shape index (κ2) is 8.19. The number of halogens is 2. The summed E-state index contributed by atoms with van der Waals surface area (Å²) in [6.07, 6.45) is 1.79. The summed E-state index contributed by atoms with van der Waals surface area (Å²) in [4.78, 5) is 18.8. The zero-order valence-corrected chi connectivity index (χ0v) is 16.9. The van der Waals surface area contributed by atoms with E-state index in [1.54, 1.807) is 30.3 Å². The Morgan fingerprint density at radius 1 is 1.15 bits per heavy atom. The minimum Gasteiger partial charge on any atom is -0.462 e. The van der Waals surface area contributed by atoms with Crippen LogP contribution in [-0.4, -0.2) is 31.7 Å². The van der Waals surface area contributed by atoms with Crippen molar-refractivity contribution in [2.75, 3.05) is 25.6 Å². The second-order valence-corrected chi connectivity index (χ2v) is 7.28. The van der Waals surface area contributed by atoms with Gasteiger partial charge in [0.2, 0.25) is 5.89 Å². The van der Waals surface area contributed by atoms with Crippen LogP contribution in [0.4, 0.5) is 5.69 Å². The number of rotatable bonds is 6. The molecule has 3 rings (SSSR count). The number of ether oxygens (including phenoxy) is 1.